The zero-order chi connectivity index (χ0) is 33.9. The summed E-state index contributed by atoms with van der Waals surface area (Å²) in [6, 6.07) is 57.3. The molecular formula is C48H28N4. The van der Waals surface area contributed by atoms with Gasteiger partial charge in [-0.25, -0.2) is 0 Å². The average molecular weight is 661 g/mol. The first-order chi connectivity index (χ1) is 25.8. The van der Waals surface area contributed by atoms with E-state index in [-0.39, 0.29) is 0 Å². The monoisotopic (exact) mass is 660 g/mol. The Bertz CT molecular complexity index is 3290. The van der Waals surface area contributed by atoms with Crippen molar-refractivity contribution < 1.29 is 0 Å². The van der Waals surface area contributed by atoms with Gasteiger partial charge in [0.25, 0.3) is 0 Å². The van der Waals surface area contributed by atoms with Crippen molar-refractivity contribution in [3.63, 3.8) is 0 Å². The van der Waals surface area contributed by atoms with Crippen LogP contribution < -0.4 is 0 Å². The third-order valence-corrected chi connectivity index (χ3v) is 11.1. The Balaban J connectivity index is 1.06. The second-order valence-corrected chi connectivity index (χ2v) is 13.8. The predicted molar refractivity (Wildman–Crippen MR) is 216 cm³/mol. The van der Waals surface area contributed by atoms with Crippen LogP contribution in [-0.4, -0.2) is 19.1 Å². The Morgan fingerprint density at radius 1 is 0.385 bits per heavy atom. The second kappa shape index (κ2) is 10.3. The molecule has 4 nitrogen and oxygen atoms in total. The maximum atomic E-state index is 5.07. The molecule has 11 aromatic rings. The molecule has 0 spiro atoms. The van der Waals surface area contributed by atoms with E-state index in [1.165, 1.54) is 70.9 Å². The highest BCUT2D eigenvalue weighted by Crippen LogP contribution is 2.46. The molecule has 12 rings (SSSR count). The molecule has 52 heavy (non-hydrogen) atoms. The zero-order valence-corrected chi connectivity index (χ0v) is 28.0. The van der Waals surface area contributed by atoms with Crippen LogP contribution in [0.1, 0.15) is 0 Å². The first kappa shape index (κ1) is 27.7. The average Bonchev–Trinajstić information content (AvgIpc) is 3.84. The van der Waals surface area contributed by atoms with Crippen molar-refractivity contribution in [2.75, 3.05) is 0 Å². The molecule has 4 heteroatoms. The van der Waals surface area contributed by atoms with Gasteiger partial charge >= 0.3 is 0 Å². The molecule has 0 aliphatic heterocycles. The van der Waals surface area contributed by atoms with Gasteiger partial charge in [-0.05, 0) is 76.5 Å². The number of nitrogens with zero attached hydrogens (tertiary/aromatic N) is 4. The van der Waals surface area contributed by atoms with Crippen LogP contribution in [0, 0.1) is 0 Å². The summed E-state index contributed by atoms with van der Waals surface area (Å²) in [7, 11) is 0. The molecule has 0 saturated heterocycles. The summed E-state index contributed by atoms with van der Waals surface area (Å²) < 4.78 is 4.78. The summed E-state index contributed by atoms with van der Waals surface area (Å²) in [5.74, 6) is 0. The first-order valence-corrected chi connectivity index (χ1v) is 17.7. The minimum absolute atomic E-state index is 1.00. The third-order valence-electron chi connectivity index (χ3n) is 11.1. The van der Waals surface area contributed by atoms with Gasteiger partial charge in [0.2, 0.25) is 0 Å². The number of aromatic nitrogens is 4. The van der Waals surface area contributed by atoms with Crippen LogP contribution in [0.2, 0.25) is 0 Å². The second-order valence-electron chi connectivity index (χ2n) is 13.8. The summed E-state index contributed by atoms with van der Waals surface area (Å²) >= 11 is 0. The van der Waals surface area contributed by atoms with E-state index < -0.39 is 0 Å². The fourth-order valence-corrected chi connectivity index (χ4v) is 8.84. The normalized spacial score (nSPS) is 12.2. The highest BCUT2D eigenvalue weighted by atomic mass is 15.0. The van der Waals surface area contributed by atoms with Gasteiger partial charge < -0.3 is 9.13 Å². The Hall–Kier alpha value is -7.04. The lowest BCUT2D eigenvalue weighted by Crippen LogP contribution is -1.96. The minimum Gasteiger partial charge on any atom is -0.309 e. The van der Waals surface area contributed by atoms with Crippen molar-refractivity contribution in [1.29, 1.82) is 0 Å². The van der Waals surface area contributed by atoms with Gasteiger partial charge in [0.1, 0.15) is 0 Å². The molecule has 0 saturated carbocycles. The number of benzene rings is 7. The van der Waals surface area contributed by atoms with Crippen molar-refractivity contribution in [3.05, 3.63) is 170 Å². The summed E-state index contributed by atoms with van der Waals surface area (Å²) in [6.07, 6.45) is 3.92. The van der Waals surface area contributed by atoms with Crippen LogP contribution >= 0.6 is 0 Å². The molecule has 4 heterocycles. The Morgan fingerprint density at radius 2 is 1.10 bits per heavy atom. The number of hydrogen-bond acceptors (Lipinski definition) is 2. The molecule has 0 amide bonds. The van der Waals surface area contributed by atoms with Crippen molar-refractivity contribution >= 4 is 65.2 Å². The van der Waals surface area contributed by atoms with Crippen LogP contribution in [0.5, 0.6) is 0 Å². The highest BCUT2D eigenvalue weighted by molar-refractivity contribution is 6.19. The van der Waals surface area contributed by atoms with E-state index >= 15 is 0 Å². The lowest BCUT2D eigenvalue weighted by molar-refractivity contribution is 1.14. The van der Waals surface area contributed by atoms with Crippen LogP contribution in [0.15, 0.2) is 170 Å². The van der Waals surface area contributed by atoms with E-state index in [1.807, 2.05) is 12.4 Å². The van der Waals surface area contributed by atoms with E-state index in [0.29, 0.717) is 0 Å². The zero-order valence-electron chi connectivity index (χ0n) is 28.0. The standard InChI is InChI=1S/C48H28N4/c1-2-11-33(12-3-1)52-44-22-19-32(26-40(44)37-20-17-29-9-4-5-13-35(29)48(37)52)31-18-21-43-39(25-31)36-14-6-7-16-42(36)51(43)34-27-41-46(50-28-34)38-15-8-10-30-23-24-49-47(41)45(30)38/h1-28H. The summed E-state index contributed by atoms with van der Waals surface area (Å²) in [5, 5.41) is 9.83. The van der Waals surface area contributed by atoms with Crippen LogP contribution in [0.4, 0.5) is 0 Å². The van der Waals surface area contributed by atoms with E-state index in [4.69, 9.17) is 9.97 Å². The van der Waals surface area contributed by atoms with Gasteiger partial charge in [-0.3, -0.25) is 9.97 Å². The van der Waals surface area contributed by atoms with Gasteiger partial charge in [-0.1, -0.05) is 103 Å². The lowest BCUT2D eigenvalue weighted by atomic mass is 10.00. The first-order valence-electron chi connectivity index (χ1n) is 17.7. The predicted octanol–water partition coefficient (Wildman–Crippen LogP) is 12.3. The topological polar surface area (TPSA) is 35.6 Å². The number of rotatable bonds is 3. The Labute approximate surface area is 298 Å². The van der Waals surface area contributed by atoms with Crippen molar-refractivity contribution in [2.45, 2.75) is 0 Å². The third kappa shape index (κ3) is 3.70. The molecular weight excluding hydrogens is 633 g/mol. The summed E-state index contributed by atoms with van der Waals surface area (Å²) in [6.45, 7) is 0. The van der Waals surface area contributed by atoms with Crippen LogP contribution in [0.25, 0.3) is 110 Å². The number of hydrogen-bond donors (Lipinski definition) is 0. The molecule has 0 N–H and O–H groups in total. The van der Waals surface area contributed by atoms with Crippen molar-refractivity contribution in [3.8, 4) is 45.0 Å². The van der Waals surface area contributed by atoms with Crippen LogP contribution in [-0.2, 0) is 0 Å². The smallest absolute Gasteiger partial charge is 0.0809 e. The summed E-state index contributed by atoms with van der Waals surface area (Å²) in [5.41, 5.74) is 13.6. The van der Waals surface area contributed by atoms with E-state index in [1.54, 1.807) is 0 Å². The molecule has 4 aromatic heterocycles. The molecule has 0 radical (unpaired) electrons. The SMILES string of the molecule is c1ccc(-n2c3ccc(-c4ccc5c(c4)c4ccccc4n5-c4cnc5c(c4)-c4nccc6cccc-5c46)cc3c3ccc4ccccc4c32)cc1. The Kier molecular flexibility index (Phi) is 5.47. The molecule has 0 fully saturated rings. The van der Waals surface area contributed by atoms with Gasteiger partial charge in [-0.15, -0.1) is 0 Å². The largest absolute Gasteiger partial charge is 0.309 e. The maximum absolute atomic E-state index is 5.07. The molecule has 7 aromatic carbocycles. The fraction of sp³-hybridized carbons (Fsp3) is 0. The molecule has 0 bridgehead atoms. The van der Waals surface area contributed by atoms with Gasteiger partial charge in [-0.2, -0.15) is 0 Å². The molecule has 1 aliphatic rings. The van der Waals surface area contributed by atoms with E-state index in [0.717, 1.165) is 39.2 Å². The van der Waals surface area contributed by atoms with Crippen molar-refractivity contribution in [2.24, 2.45) is 0 Å². The van der Waals surface area contributed by atoms with E-state index in [2.05, 4.69) is 167 Å². The van der Waals surface area contributed by atoms with Gasteiger partial charge in [0, 0.05) is 55.3 Å². The number of fused-ring (bicyclic) bond motifs is 11. The minimum atomic E-state index is 1.00. The molecule has 240 valence electrons. The van der Waals surface area contributed by atoms with Crippen molar-refractivity contribution in [1.82, 2.24) is 19.1 Å². The quantitative estimate of drug-likeness (QED) is 0.189. The van der Waals surface area contributed by atoms with Gasteiger partial charge in [0.05, 0.1) is 45.3 Å². The molecule has 0 unspecified atom stereocenters. The molecule has 0 atom stereocenters. The van der Waals surface area contributed by atoms with E-state index in [9.17, 15) is 0 Å². The summed E-state index contributed by atoms with van der Waals surface area (Å²) in [4.78, 5) is 9.90. The van der Waals surface area contributed by atoms with Crippen LogP contribution in [0.3, 0.4) is 0 Å². The maximum Gasteiger partial charge on any atom is 0.0809 e. The highest BCUT2D eigenvalue weighted by Gasteiger charge is 2.25. The fourth-order valence-electron chi connectivity index (χ4n) is 8.84. The van der Waals surface area contributed by atoms with Gasteiger partial charge in [0.15, 0.2) is 0 Å². The number of pyridine rings is 2. The Morgan fingerprint density at radius 3 is 1.96 bits per heavy atom. The molecule has 1 aliphatic carbocycles. The number of para-hydroxylation sites is 2. The lowest BCUT2D eigenvalue weighted by Gasteiger charge is -2.11.